The Morgan fingerprint density at radius 2 is 1.00 bits per heavy atom. The molecule has 2 aromatic heterocycles. The number of hydrogen-bond acceptors (Lipinski definition) is 3. The van der Waals surface area contributed by atoms with Crippen molar-refractivity contribution >= 4 is 43.4 Å². The summed E-state index contributed by atoms with van der Waals surface area (Å²) in [5, 5.41) is 7.06. The van der Waals surface area contributed by atoms with Gasteiger partial charge in [-0.2, -0.15) is 0 Å². The lowest BCUT2D eigenvalue weighted by atomic mass is 9.82. The second kappa shape index (κ2) is 13.2. The Labute approximate surface area is 348 Å². The van der Waals surface area contributed by atoms with Crippen molar-refractivity contribution in [2.24, 2.45) is 0 Å². The van der Waals surface area contributed by atoms with Crippen molar-refractivity contribution in [3.8, 4) is 62.1 Å². The number of benzene rings is 9. The maximum absolute atomic E-state index is 5.40. The third kappa shape index (κ3) is 5.20. The number of fused-ring (bicyclic) bond motifs is 8. The molecule has 0 bridgehead atoms. The molecule has 11 aromatic rings. The Bertz CT molecular complexity index is 3520. The van der Waals surface area contributed by atoms with Crippen LogP contribution in [-0.4, -0.2) is 19.5 Å². The smallest absolute Gasteiger partial charge is 0.164 e. The van der Waals surface area contributed by atoms with Gasteiger partial charge in [-0.1, -0.05) is 178 Å². The van der Waals surface area contributed by atoms with Crippen molar-refractivity contribution in [1.29, 1.82) is 0 Å². The SMILES string of the molecule is CC1(C)c2ccccc2-c2cc3c4ccccc4n(-c4cccc(-c5nc(-c6ccccc6)nc(-c6cccc7ccccc67)n5)c4-c4ccc5ccccc5c4)c3cc21. The first kappa shape index (κ1) is 34.4. The van der Waals surface area contributed by atoms with Crippen LogP contribution >= 0.6 is 0 Å². The largest absolute Gasteiger partial charge is 0.309 e. The van der Waals surface area contributed by atoms with Crippen LogP contribution in [0.2, 0.25) is 0 Å². The zero-order valence-electron chi connectivity index (χ0n) is 33.3. The molecule has 0 saturated carbocycles. The van der Waals surface area contributed by atoms with Gasteiger partial charge in [-0.25, -0.2) is 15.0 Å². The summed E-state index contributed by atoms with van der Waals surface area (Å²) in [5.74, 6) is 1.89. The predicted molar refractivity (Wildman–Crippen MR) is 248 cm³/mol. The molecule has 4 nitrogen and oxygen atoms in total. The normalized spacial score (nSPS) is 13.0. The van der Waals surface area contributed by atoms with E-state index >= 15 is 0 Å². The molecule has 12 rings (SSSR count). The molecular formula is C56H38N4. The van der Waals surface area contributed by atoms with Gasteiger partial charge in [0.25, 0.3) is 0 Å². The zero-order chi connectivity index (χ0) is 40.0. The van der Waals surface area contributed by atoms with E-state index in [1.807, 2.05) is 18.2 Å². The van der Waals surface area contributed by atoms with Crippen molar-refractivity contribution < 1.29 is 0 Å². The van der Waals surface area contributed by atoms with Crippen molar-refractivity contribution in [1.82, 2.24) is 19.5 Å². The van der Waals surface area contributed by atoms with Gasteiger partial charge in [0.2, 0.25) is 0 Å². The van der Waals surface area contributed by atoms with E-state index in [0.29, 0.717) is 17.5 Å². The van der Waals surface area contributed by atoms with Gasteiger partial charge in [0.15, 0.2) is 17.5 Å². The minimum atomic E-state index is -0.152. The Kier molecular flexibility index (Phi) is 7.54. The van der Waals surface area contributed by atoms with E-state index < -0.39 is 0 Å². The molecule has 1 aliphatic rings. The molecule has 4 heteroatoms. The Morgan fingerprint density at radius 1 is 0.367 bits per heavy atom. The van der Waals surface area contributed by atoms with Crippen LogP contribution in [0.15, 0.2) is 194 Å². The standard InChI is InChI=1S/C56H38N4/c1-56(2)47-27-12-10-23-41(47)45-33-46-42-24-11-13-28-49(42)60(51(46)34-48(45)56)50-29-15-26-44(52(50)39-31-30-35-16-6-7-20-38(35)32-39)55-58-53(37-18-4-3-5-19-37)57-54(59-55)43-25-14-21-36-17-8-9-22-40(36)43/h3-34H,1-2H3. The van der Waals surface area contributed by atoms with E-state index in [1.165, 1.54) is 49.3 Å². The van der Waals surface area contributed by atoms with E-state index in [9.17, 15) is 0 Å². The maximum atomic E-state index is 5.40. The first-order valence-corrected chi connectivity index (χ1v) is 20.6. The third-order valence-electron chi connectivity index (χ3n) is 12.6. The van der Waals surface area contributed by atoms with Crippen molar-refractivity contribution in [2.45, 2.75) is 19.3 Å². The maximum Gasteiger partial charge on any atom is 0.164 e. The van der Waals surface area contributed by atoms with Gasteiger partial charge < -0.3 is 4.57 Å². The first-order valence-electron chi connectivity index (χ1n) is 20.6. The molecule has 0 fully saturated rings. The fourth-order valence-corrected chi connectivity index (χ4v) is 9.74. The summed E-state index contributed by atoms with van der Waals surface area (Å²) >= 11 is 0. The lowest BCUT2D eigenvalue weighted by molar-refractivity contribution is 0.661. The third-order valence-corrected chi connectivity index (χ3v) is 12.6. The van der Waals surface area contributed by atoms with Gasteiger partial charge in [-0.15, -0.1) is 0 Å². The molecule has 9 aromatic carbocycles. The summed E-state index contributed by atoms with van der Waals surface area (Å²) in [7, 11) is 0. The lowest BCUT2D eigenvalue weighted by Crippen LogP contribution is -2.15. The molecule has 0 radical (unpaired) electrons. The lowest BCUT2D eigenvalue weighted by Gasteiger charge is -2.22. The number of hydrogen-bond donors (Lipinski definition) is 0. The van der Waals surface area contributed by atoms with E-state index in [0.717, 1.165) is 49.8 Å². The van der Waals surface area contributed by atoms with Crippen LogP contribution in [0.1, 0.15) is 25.0 Å². The van der Waals surface area contributed by atoms with Gasteiger partial charge in [-0.3, -0.25) is 0 Å². The Hall–Kier alpha value is -7.69. The average Bonchev–Trinajstić information content (AvgIpc) is 3.75. The van der Waals surface area contributed by atoms with E-state index in [1.54, 1.807) is 0 Å². The van der Waals surface area contributed by atoms with Crippen molar-refractivity contribution in [3.05, 3.63) is 205 Å². The number of aromatic nitrogens is 4. The molecule has 0 unspecified atom stereocenters. The number of para-hydroxylation sites is 1. The number of nitrogens with zero attached hydrogens (tertiary/aromatic N) is 4. The molecule has 0 N–H and O–H groups in total. The second-order valence-corrected chi connectivity index (χ2v) is 16.4. The minimum Gasteiger partial charge on any atom is -0.309 e. The Morgan fingerprint density at radius 3 is 1.87 bits per heavy atom. The highest BCUT2D eigenvalue weighted by Crippen LogP contribution is 2.51. The summed E-state index contributed by atoms with van der Waals surface area (Å²) < 4.78 is 2.48. The van der Waals surface area contributed by atoms with Crippen molar-refractivity contribution in [3.63, 3.8) is 0 Å². The average molecular weight is 767 g/mol. The van der Waals surface area contributed by atoms with Crippen LogP contribution in [0.25, 0.3) is 105 Å². The molecule has 0 spiro atoms. The zero-order valence-corrected chi connectivity index (χ0v) is 33.3. The molecule has 60 heavy (non-hydrogen) atoms. The van der Waals surface area contributed by atoms with Gasteiger partial charge in [0.05, 0.1) is 16.7 Å². The van der Waals surface area contributed by atoms with Gasteiger partial charge in [0, 0.05) is 38.4 Å². The van der Waals surface area contributed by atoms with E-state index in [-0.39, 0.29) is 5.41 Å². The Balaban J connectivity index is 1.18. The van der Waals surface area contributed by atoms with Gasteiger partial charge in [0.1, 0.15) is 0 Å². The molecule has 0 aliphatic heterocycles. The van der Waals surface area contributed by atoms with Crippen molar-refractivity contribution in [2.75, 3.05) is 0 Å². The fourth-order valence-electron chi connectivity index (χ4n) is 9.74. The molecule has 0 saturated heterocycles. The summed E-state index contributed by atoms with van der Waals surface area (Å²) in [6, 6.07) is 69.6. The highest BCUT2D eigenvalue weighted by atomic mass is 15.0. The van der Waals surface area contributed by atoms with Crippen LogP contribution < -0.4 is 0 Å². The summed E-state index contributed by atoms with van der Waals surface area (Å²) in [6.07, 6.45) is 0. The monoisotopic (exact) mass is 766 g/mol. The fraction of sp³-hybridized carbons (Fsp3) is 0.0536. The van der Waals surface area contributed by atoms with E-state index in [2.05, 4.69) is 194 Å². The second-order valence-electron chi connectivity index (χ2n) is 16.4. The molecule has 0 atom stereocenters. The minimum absolute atomic E-state index is 0.152. The van der Waals surface area contributed by atoms with Crippen LogP contribution in [0.4, 0.5) is 0 Å². The van der Waals surface area contributed by atoms with E-state index in [4.69, 9.17) is 15.0 Å². The quantitative estimate of drug-likeness (QED) is 0.175. The topological polar surface area (TPSA) is 43.6 Å². The molecule has 2 heterocycles. The molecule has 1 aliphatic carbocycles. The highest BCUT2D eigenvalue weighted by Gasteiger charge is 2.36. The summed E-state index contributed by atoms with van der Waals surface area (Å²) in [5.41, 5.74) is 13.6. The summed E-state index contributed by atoms with van der Waals surface area (Å²) in [4.78, 5) is 15.9. The van der Waals surface area contributed by atoms with Crippen LogP contribution in [0, 0.1) is 0 Å². The van der Waals surface area contributed by atoms with Crippen LogP contribution in [-0.2, 0) is 5.41 Å². The van der Waals surface area contributed by atoms with Crippen LogP contribution in [0.5, 0.6) is 0 Å². The first-order chi connectivity index (χ1) is 29.5. The van der Waals surface area contributed by atoms with Crippen LogP contribution in [0.3, 0.4) is 0 Å². The van der Waals surface area contributed by atoms with Gasteiger partial charge >= 0.3 is 0 Å². The molecule has 282 valence electrons. The molecular weight excluding hydrogens is 729 g/mol. The number of rotatable bonds is 5. The molecule has 0 amide bonds. The predicted octanol–water partition coefficient (Wildman–Crippen LogP) is 14.2. The highest BCUT2D eigenvalue weighted by molar-refractivity contribution is 6.12. The van der Waals surface area contributed by atoms with Gasteiger partial charge in [-0.05, 0) is 79.7 Å². The summed E-state index contributed by atoms with van der Waals surface area (Å²) in [6.45, 7) is 4.71.